The van der Waals surface area contributed by atoms with Crippen LogP contribution in [0, 0.1) is 16.0 Å². The Labute approximate surface area is 122 Å². The molecule has 0 saturated carbocycles. The van der Waals surface area contributed by atoms with Crippen LogP contribution in [0.5, 0.6) is 0 Å². The topological polar surface area (TPSA) is 78.7 Å². The highest BCUT2D eigenvalue weighted by Gasteiger charge is 2.47. The number of esters is 1. The molecule has 2 fully saturated rings. The fourth-order valence-corrected chi connectivity index (χ4v) is 3.50. The molecule has 3 rings (SSSR count). The summed E-state index contributed by atoms with van der Waals surface area (Å²) in [6, 6.07) is 6.45. The van der Waals surface area contributed by atoms with Crippen molar-refractivity contribution in [1.29, 1.82) is 0 Å². The Kier molecular flexibility index (Phi) is 3.63. The van der Waals surface area contributed by atoms with E-state index in [4.69, 9.17) is 9.47 Å². The van der Waals surface area contributed by atoms with Gasteiger partial charge in [0.25, 0.3) is 5.69 Å². The van der Waals surface area contributed by atoms with Gasteiger partial charge in [-0.2, -0.15) is 0 Å². The van der Waals surface area contributed by atoms with Crippen LogP contribution in [0.1, 0.15) is 30.7 Å². The molecule has 21 heavy (non-hydrogen) atoms. The van der Waals surface area contributed by atoms with Gasteiger partial charge in [0.05, 0.1) is 30.2 Å². The van der Waals surface area contributed by atoms with Crippen LogP contribution in [0.2, 0.25) is 0 Å². The van der Waals surface area contributed by atoms with E-state index in [9.17, 15) is 14.9 Å². The van der Waals surface area contributed by atoms with E-state index < -0.39 is 4.92 Å². The molecular weight excluding hydrogens is 274 g/mol. The molecule has 2 aliphatic heterocycles. The van der Waals surface area contributed by atoms with Crippen molar-refractivity contribution in [2.45, 2.75) is 37.4 Å². The summed E-state index contributed by atoms with van der Waals surface area (Å²) in [7, 11) is 1.39. The molecule has 2 saturated heterocycles. The zero-order valence-electron chi connectivity index (χ0n) is 11.7. The number of methoxy groups -OCH3 is 1. The Hall–Kier alpha value is -1.95. The number of carbonyl (C=O) groups is 1. The van der Waals surface area contributed by atoms with E-state index in [1.54, 1.807) is 12.1 Å². The summed E-state index contributed by atoms with van der Waals surface area (Å²) in [4.78, 5) is 22.4. The highest BCUT2D eigenvalue weighted by Crippen LogP contribution is 2.45. The third-order valence-corrected chi connectivity index (χ3v) is 4.50. The first kappa shape index (κ1) is 14.0. The van der Waals surface area contributed by atoms with Gasteiger partial charge in [-0.25, -0.2) is 0 Å². The number of nitro groups is 1. The first-order chi connectivity index (χ1) is 10.1. The molecule has 1 aromatic rings. The van der Waals surface area contributed by atoms with Gasteiger partial charge in [-0.15, -0.1) is 0 Å². The molecule has 2 heterocycles. The van der Waals surface area contributed by atoms with E-state index in [1.807, 2.05) is 0 Å². The monoisotopic (exact) mass is 291 g/mol. The second kappa shape index (κ2) is 5.44. The number of nitrogens with zero attached hydrogens (tertiary/aromatic N) is 1. The van der Waals surface area contributed by atoms with Crippen LogP contribution < -0.4 is 0 Å². The Morgan fingerprint density at radius 2 is 2.05 bits per heavy atom. The van der Waals surface area contributed by atoms with Crippen LogP contribution in [0.15, 0.2) is 24.3 Å². The largest absolute Gasteiger partial charge is 0.469 e. The van der Waals surface area contributed by atoms with Crippen LogP contribution in [-0.2, 0) is 14.3 Å². The molecule has 2 aliphatic rings. The number of non-ortho nitro benzene ring substituents is 1. The van der Waals surface area contributed by atoms with Crippen molar-refractivity contribution in [3.05, 3.63) is 39.9 Å². The minimum atomic E-state index is -0.421. The smallest absolute Gasteiger partial charge is 0.311 e. The summed E-state index contributed by atoms with van der Waals surface area (Å²) >= 11 is 0. The maximum atomic E-state index is 12.1. The quantitative estimate of drug-likeness (QED) is 0.485. The number of rotatable bonds is 3. The lowest BCUT2D eigenvalue weighted by Crippen LogP contribution is -2.39. The maximum Gasteiger partial charge on any atom is 0.311 e. The van der Waals surface area contributed by atoms with Gasteiger partial charge >= 0.3 is 5.97 Å². The van der Waals surface area contributed by atoms with E-state index in [2.05, 4.69) is 0 Å². The first-order valence-electron chi connectivity index (χ1n) is 7.08. The fraction of sp³-hybridized carbons (Fsp3) is 0.533. The number of fused-ring (bicyclic) bond motifs is 2. The zero-order valence-corrected chi connectivity index (χ0v) is 11.7. The number of hydrogen-bond donors (Lipinski definition) is 0. The Balaban J connectivity index is 1.90. The van der Waals surface area contributed by atoms with Gasteiger partial charge in [0.2, 0.25) is 0 Å². The number of carbonyl (C=O) groups excluding carboxylic acids is 1. The van der Waals surface area contributed by atoms with Crippen molar-refractivity contribution >= 4 is 11.7 Å². The Morgan fingerprint density at radius 1 is 1.33 bits per heavy atom. The van der Waals surface area contributed by atoms with Crippen LogP contribution in [-0.4, -0.2) is 30.2 Å². The van der Waals surface area contributed by atoms with Gasteiger partial charge in [-0.3, -0.25) is 14.9 Å². The number of nitro benzene ring substituents is 1. The molecule has 0 aromatic heterocycles. The molecule has 0 N–H and O–H groups in total. The molecule has 0 amide bonds. The van der Waals surface area contributed by atoms with Gasteiger partial charge in [0.15, 0.2) is 0 Å². The first-order valence-corrected chi connectivity index (χ1v) is 7.08. The van der Waals surface area contributed by atoms with Crippen molar-refractivity contribution in [3.8, 4) is 0 Å². The number of ether oxygens (including phenoxy) is 2. The van der Waals surface area contributed by atoms with Crippen molar-refractivity contribution < 1.29 is 19.2 Å². The summed E-state index contributed by atoms with van der Waals surface area (Å²) in [5.74, 6) is -0.580. The molecule has 6 nitrogen and oxygen atoms in total. The lowest BCUT2D eigenvalue weighted by Gasteiger charge is -2.35. The van der Waals surface area contributed by atoms with Crippen molar-refractivity contribution in [3.63, 3.8) is 0 Å². The second-order valence-electron chi connectivity index (χ2n) is 5.61. The van der Waals surface area contributed by atoms with Crippen LogP contribution >= 0.6 is 0 Å². The molecule has 3 unspecified atom stereocenters. The van der Waals surface area contributed by atoms with Gasteiger partial charge in [0, 0.05) is 18.1 Å². The molecule has 2 bridgehead atoms. The van der Waals surface area contributed by atoms with Crippen molar-refractivity contribution in [2.75, 3.05) is 7.11 Å². The predicted octanol–water partition coefficient (Wildman–Crippen LogP) is 2.42. The van der Waals surface area contributed by atoms with Crippen molar-refractivity contribution in [1.82, 2.24) is 0 Å². The van der Waals surface area contributed by atoms with Gasteiger partial charge in [-0.1, -0.05) is 12.1 Å². The predicted molar refractivity (Wildman–Crippen MR) is 73.9 cm³/mol. The molecule has 112 valence electrons. The SMILES string of the molecule is COC(=O)C1C(c2ccc([N+](=O)[O-])cc2)CC2CC[C@@H]1O2. The summed E-state index contributed by atoms with van der Waals surface area (Å²) < 4.78 is 10.8. The highest BCUT2D eigenvalue weighted by molar-refractivity contribution is 5.74. The summed E-state index contributed by atoms with van der Waals surface area (Å²) in [6.07, 6.45) is 2.66. The van der Waals surface area contributed by atoms with Gasteiger partial charge < -0.3 is 9.47 Å². The van der Waals surface area contributed by atoms with E-state index in [1.165, 1.54) is 19.2 Å². The molecule has 0 radical (unpaired) electrons. The average molecular weight is 291 g/mol. The third-order valence-electron chi connectivity index (χ3n) is 4.50. The zero-order chi connectivity index (χ0) is 15.0. The minimum Gasteiger partial charge on any atom is -0.469 e. The lowest BCUT2D eigenvalue weighted by atomic mass is 9.79. The number of benzene rings is 1. The maximum absolute atomic E-state index is 12.1. The summed E-state index contributed by atoms with van der Waals surface area (Å²) in [6.45, 7) is 0. The molecule has 0 spiro atoms. The highest BCUT2D eigenvalue weighted by atomic mass is 16.6. The average Bonchev–Trinajstić information content (AvgIpc) is 2.88. The summed E-state index contributed by atoms with van der Waals surface area (Å²) in [5, 5.41) is 10.7. The molecular formula is C15H17NO5. The molecule has 4 atom stereocenters. The number of hydrogen-bond acceptors (Lipinski definition) is 5. The standard InChI is InChI=1S/C15H17NO5/c1-20-15(17)14-12(8-11-6-7-13(14)21-11)9-2-4-10(5-3-9)16(18)19/h2-5,11-14H,6-8H2,1H3/t11?,12?,13-,14?/m0/s1. The van der Waals surface area contributed by atoms with Crippen LogP contribution in [0.4, 0.5) is 5.69 Å². The molecule has 6 heteroatoms. The Bertz CT molecular complexity index is 556. The lowest BCUT2D eigenvalue weighted by molar-refractivity contribution is -0.384. The normalized spacial score (nSPS) is 30.9. The van der Waals surface area contributed by atoms with Crippen LogP contribution in [0.25, 0.3) is 0 Å². The van der Waals surface area contributed by atoms with Gasteiger partial charge in [-0.05, 0) is 24.8 Å². The van der Waals surface area contributed by atoms with Gasteiger partial charge in [0.1, 0.15) is 0 Å². The third kappa shape index (κ3) is 2.51. The molecule has 0 aliphatic carbocycles. The van der Waals surface area contributed by atoms with E-state index >= 15 is 0 Å². The van der Waals surface area contributed by atoms with E-state index in [0.717, 1.165) is 24.8 Å². The van der Waals surface area contributed by atoms with Crippen molar-refractivity contribution in [2.24, 2.45) is 5.92 Å². The van der Waals surface area contributed by atoms with E-state index in [-0.39, 0.29) is 35.7 Å². The Morgan fingerprint density at radius 3 is 2.67 bits per heavy atom. The second-order valence-corrected chi connectivity index (χ2v) is 5.61. The fourth-order valence-electron chi connectivity index (χ4n) is 3.50. The minimum absolute atomic E-state index is 0.00417. The van der Waals surface area contributed by atoms with Crippen LogP contribution in [0.3, 0.4) is 0 Å². The molecule has 1 aromatic carbocycles. The summed E-state index contributed by atoms with van der Waals surface area (Å²) in [5.41, 5.74) is 1.000. The van der Waals surface area contributed by atoms with E-state index in [0.29, 0.717) is 0 Å².